The van der Waals surface area contributed by atoms with Crippen LogP contribution in [0.5, 0.6) is 0 Å². The van der Waals surface area contributed by atoms with Crippen molar-refractivity contribution in [2.75, 3.05) is 49.1 Å². The monoisotopic (exact) mass is 1040 g/mol. The van der Waals surface area contributed by atoms with E-state index in [-0.39, 0.29) is 28.1 Å². The second-order valence-electron chi connectivity index (χ2n) is 7.68. The second kappa shape index (κ2) is 110. The number of nitrogens with zero attached hydrogens (tertiary/aromatic N) is 6. The van der Waals surface area contributed by atoms with E-state index in [1.54, 1.807) is 26.8 Å². The van der Waals surface area contributed by atoms with Crippen LogP contribution in [0.3, 0.4) is 0 Å². The highest BCUT2D eigenvalue weighted by Gasteiger charge is 1.68. The SMILES string of the molecule is C.C.C.CC.CC.CC(C)=O.CCC#N.CCCC#N.CCI.CN=CN(C)C.CN=CN(C)C.ICI.c1ccccc1.c1ccccc1. The van der Waals surface area contributed by atoms with Gasteiger partial charge in [0, 0.05) is 55.1 Å². The maximum absolute atomic E-state index is 9.44. The molecular weight excluding hydrogens is 961 g/mol. The number of hydrogen-bond acceptors (Lipinski definition) is 5. The number of carbonyl (C=O) groups is 1. The van der Waals surface area contributed by atoms with Crippen molar-refractivity contribution in [1.29, 1.82) is 10.5 Å². The van der Waals surface area contributed by atoms with E-state index in [0.717, 1.165) is 6.42 Å². The normalized spacial score (nSPS) is 6.80. The molecule has 2 aromatic rings. The van der Waals surface area contributed by atoms with Crippen LogP contribution >= 0.6 is 67.8 Å². The summed E-state index contributed by atoms with van der Waals surface area (Å²) < 4.78 is 2.41. The lowest BCUT2D eigenvalue weighted by Crippen LogP contribution is -2.06. The number of halogens is 3. The van der Waals surface area contributed by atoms with E-state index in [9.17, 15) is 4.79 Å². The Morgan fingerprint density at radius 3 is 0.800 bits per heavy atom. The first kappa shape index (κ1) is 82.0. The Bertz CT molecular complexity index is 720. The largest absolute Gasteiger partial charge is 0.369 e. The molecule has 7 nitrogen and oxygen atoms in total. The number of benzene rings is 2. The van der Waals surface area contributed by atoms with Gasteiger partial charge in [-0.15, -0.1) is 0 Å². The molecule has 0 aliphatic carbocycles. The van der Waals surface area contributed by atoms with E-state index in [0.29, 0.717) is 12.8 Å². The Labute approximate surface area is 356 Å². The van der Waals surface area contributed by atoms with Crippen molar-refractivity contribution < 1.29 is 4.79 Å². The van der Waals surface area contributed by atoms with Crippen LogP contribution in [-0.2, 0) is 4.79 Å². The summed E-state index contributed by atoms with van der Waals surface area (Å²) in [7, 11) is 11.2. The van der Waals surface area contributed by atoms with Gasteiger partial charge in [0.2, 0.25) is 0 Å². The molecule has 0 aromatic heterocycles. The minimum atomic E-state index is 0. The smallest absolute Gasteiger partial charge is 0.126 e. The summed E-state index contributed by atoms with van der Waals surface area (Å²) in [5.74, 6) is 0.167. The average Bonchev–Trinajstić information content (AvgIpc) is 3.07. The van der Waals surface area contributed by atoms with Gasteiger partial charge in [-0.25, -0.2) is 0 Å². The van der Waals surface area contributed by atoms with Crippen molar-refractivity contribution in [3.05, 3.63) is 72.8 Å². The fourth-order valence-corrected chi connectivity index (χ4v) is 1.34. The van der Waals surface area contributed by atoms with Gasteiger partial charge in [0.1, 0.15) is 5.78 Å². The standard InChI is InChI=1S/2C6H6.2C4H10N2.C4H7N.C3H5N.C3H6O.C2H5I.2C2H6.CH2I2.3CH4/c2*1-2-4-6-5-3-1;2*1-5-4-6(2)3;1-2-3-4-5;1-2-3-4;1-3(2)4;1-2-3;2*1-2;2-1-3;;;/h2*1-6H;2*4H,1-3H3;2-3H2,1H3;2H2,1H3;1-2H3;2H2,1H3;2*1-2H3;1H2;3*1H4. The predicted molar refractivity (Wildman–Crippen MR) is 262 cm³/mol. The number of carbonyl (C=O) groups excluding carboxylic acids is 1. The maximum Gasteiger partial charge on any atom is 0.126 e. The van der Waals surface area contributed by atoms with Crippen molar-refractivity contribution in [3.63, 3.8) is 0 Å². The third kappa shape index (κ3) is 256. The molecule has 10 heteroatoms. The molecule has 2 rings (SSSR count). The van der Waals surface area contributed by atoms with Crippen molar-refractivity contribution in [1.82, 2.24) is 9.80 Å². The molecule has 0 saturated carbocycles. The molecule has 0 spiro atoms. The Morgan fingerprint density at radius 1 is 0.620 bits per heavy atom. The van der Waals surface area contributed by atoms with Gasteiger partial charge in [0.25, 0.3) is 0 Å². The Balaban J connectivity index is -0.0000000322. The van der Waals surface area contributed by atoms with Crippen molar-refractivity contribution in [2.45, 2.75) is 104 Å². The zero-order valence-electron chi connectivity index (χ0n) is 32.3. The van der Waals surface area contributed by atoms with Crippen LogP contribution in [0.4, 0.5) is 0 Å². The Morgan fingerprint density at radius 2 is 0.780 bits per heavy atom. The van der Waals surface area contributed by atoms with E-state index in [1.807, 2.05) is 164 Å². The Kier molecular flexibility index (Phi) is 181. The lowest BCUT2D eigenvalue weighted by atomic mass is 10.4. The molecule has 0 amide bonds. The molecule has 0 fully saturated rings. The van der Waals surface area contributed by atoms with Crippen molar-refractivity contribution in [3.8, 4) is 12.1 Å². The third-order valence-corrected chi connectivity index (χ3v) is 2.55. The minimum Gasteiger partial charge on any atom is -0.369 e. The summed E-state index contributed by atoms with van der Waals surface area (Å²) in [5, 5.41) is 15.4. The first-order chi connectivity index (χ1) is 22.4. The molecule has 2 aromatic carbocycles. The molecule has 0 unspecified atom stereocenters. The molecule has 298 valence electrons. The number of alkyl halides is 3. The fourth-order valence-electron chi connectivity index (χ4n) is 1.34. The van der Waals surface area contributed by atoms with Crippen LogP contribution < -0.4 is 0 Å². The molecule has 0 radical (unpaired) electrons. The summed E-state index contributed by atoms with van der Waals surface area (Å²) in [6.45, 7) is 17.0. The van der Waals surface area contributed by atoms with Crippen molar-refractivity contribution in [2.24, 2.45) is 9.98 Å². The molecule has 0 aliphatic rings. The lowest BCUT2D eigenvalue weighted by Gasteiger charge is -1.98. The molecular formula is C40H81I3N6O. The zero-order valence-corrected chi connectivity index (χ0v) is 38.8. The number of hydrogen-bond donors (Lipinski definition) is 0. The van der Waals surface area contributed by atoms with E-state index in [2.05, 4.69) is 84.7 Å². The van der Waals surface area contributed by atoms with E-state index in [4.69, 9.17) is 10.5 Å². The highest BCUT2D eigenvalue weighted by Crippen LogP contribution is 1.86. The van der Waals surface area contributed by atoms with Gasteiger partial charge in [0.05, 0.1) is 27.2 Å². The predicted octanol–water partition coefficient (Wildman–Crippen LogP) is 13.8. The summed E-state index contributed by atoms with van der Waals surface area (Å²) in [6, 6.07) is 27.9. The highest BCUT2D eigenvalue weighted by molar-refractivity contribution is 14.2. The van der Waals surface area contributed by atoms with Crippen LogP contribution in [0.2, 0.25) is 0 Å². The van der Waals surface area contributed by atoms with Gasteiger partial charge in [0.15, 0.2) is 0 Å². The number of nitriles is 2. The van der Waals surface area contributed by atoms with Gasteiger partial charge in [-0.2, -0.15) is 10.5 Å². The highest BCUT2D eigenvalue weighted by atomic mass is 127. The topological polar surface area (TPSA) is 95.8 Å². The fraction of sp³-hybridized carbons (Fsp3) is 0.575. The van der Waals surface area contributed by atoms with Crippen LogP contribution in [0.15, 0.2) is 82.8 Å². The van der Waals surface area contributed by atoms with Crippen LogP contribution in [0, 0.1) is 22.7 Å². The quantitative estimate of drug-likeness (QED) is 0.132. The number of unbranched alkanes of at least 4 members (excludes halogenated alkanes) is 1. The van der Waals surface area contributed by atoms with Gasteiger partial charge < -0.3 is 14.6 Å². The van der Waals surface area contributed by atoms with E-state index in [1.165, 1.54) is 20.7 Å². The van der Waals surface area contributed by atoms with Crippen molar-refractivity contribution >= 4 is 86.2 Å². The molecule has 50 heavy (non-hydrogen) atoms. The number of ketones is 1. The minimum absolute atomic E-state index is 0. The number of Topliss-reactive ketones (excluding diaryl/α,β-unsaturated/α-hetero) is 1. The maximum atomic E-state index is 9.44. The molecule has 0 aliphatic heterocycles. The molecule has 0 bridgehead atoms. The molecule has 0 saturated heterocycles. The van der Waals surface area contributed by atoms with Crippen LogP contribution in [0.25, 0.3) is 0 Å². The van der Waals surface area contributed by atoms with Gasteiger partial charge >= 0.3 is 0 Å². The third-order valence-electron chi connectivity index (χ3n) is 2.55. The molecule has 0 atom stereocenters. The van der Waals surface area contributed by atoms with E-state index < -0.39 is 0 Å². The molecule has 0 heterocycles. The average molecular weight is 1040 g/mol. The summed E-state index contributed by atoms with van der Waals surface area (Å²) in [6.07, 6.45) is 5.80. The first-order valence-corrected chi connectivity index (χ1v) is 20.1. The number of aliphatic imine (C=N–C) groups is 2. The Hall–Kier alpha value is -1.78. The zero-order chi connectivity index (χ0) is 39.0. The van der Waals surface area contributed by atoms with Crippen LogP contribution in [-0.4, -0.2) is 77.4 Å². The first-order valence-electron chi connectivity index (χ1n) is 15.5. The van der Waals surface area contributed by atoms with E-state index >= 15 is 0 Å². The lowest BCUT2D eigenvalue weighted by molar-refractivity contribution is -0.115. The number of rotatable bonds is 3. The van der Waals surface area contributed by atoms with Gasteiger partial charge in [-0.3, -0.25) is 9.98 Å². The van der Waals surface area contributed by atoms with Crippen LogP contribution in [0.1, 0.15) is 104 Å². The van der Waals surface area contributed by atoms with Gasteiger partial charge in [-0.05, 0) is 24.7 Å². The molecule has 0 N–H and O–H groups in total. The second-order valence-corrected chi connectivity index (χ2v) is 13.7. The summed E-state index contributed by atoms with van der Waals surface area (Å²) in [4.78, 5) is 20.7. The summed E-state index contributed by atoms with van der Waals surface area (Å²) in [5.41, 5.74) is 0. The van der Waals surface area contributed by atoms with Gasteiger partial charge in [-0.1, -0.05) is 211 Å². The summed E-state index contributed by atoms with van der Waals surface area (Å²) >= 11 is 6.84.